The molecule has 0 aliphatic carbocycles. The molecule has 1 heterocycles. The van der Waals surface area contributed by atoms with Crippen LogP contribution in [0.5, 0.6) is 0 Å². The number of rotatable bonds is 2. The predicted molar refractivity (Wildman–Crippen MR) is 43.8 cm³/mol. The molecule has 13 heavy (non-hydrogen) atoms. The molecule has 0 aromatic rings. The molecule has 5 nitrogen and oxygen atoms in total. The van der Waals surface area contributed by atoms with E-state index in [1.165, 1.54) is 6.92 Å². The molecule has 1 aliphatic rings. The molecule has 2 N–H and O–H groups in total. The van der Waals surface area contributed by atoms with Crippen LogP contribution in [0.1, 0.15) is 20.3 Å². The summed E-state index contributed by atoms with van der Waals surface area (Å²) in [5.41, 5.74) is -0.964. The fourth-order valence-electron chi connectivity index (χ4n) is 1.10. The van der Waals surface area contributed by atoms with Crippen LogP contribution in [0, 0.1) is 0 Å². The topological polar surface area (TPSA) is 75.6 Å². The number of aliphatic hydroxyl groups excluding tert-OH is 1. The van der Waals surface area contributed by atoms with Crippen LogP contribution in [0.3, 0.4) is 0 Å². The van der Waals surface area contributed by atoms with Crippen molar-refractivity contribution < 1.29 is 19.4 Å². The van der Waals surface area contributed by atoms with E-state index in [-0.39, 0.29) is 0 Å². The standard InChI is InChI=1S/C8H13NO4/c1-5(10)6(11)9-8(2)3-4-13-7(8)12/h5,10H,3-4H2,1-2H3,(H,9,11)/t5-,8?/m0/s1. The molecule has 0 spiro atoms. The normalized spacial score (nSPS) is 29.6. The lowest BCUT2D eigenvalue weighted by molar-refractivity contribution is -0.146. The predicted octanol–water partition coefficient (Wildman–Crippen LogP) is -0.811. The summed E-state index contributed by atoms with van der Waals surface area (Å²) in [6.45, 7) is 3.25. The Hall–Kier alpha value is -1.10. The average Bonchev–Trinajstić information content (AvgIpc) is 2.32. The maximum atomic E-state index is 11.1. The summed E-state index contributed by atoms with van der Waals surface area (Å²) in [7, 11) is 0. The fraction of sp³-hybridized carbons (Fsp3) is 0.750. The molecule has 1 rings (SSSR count). The maximum Gasteiger partial charge on any atom is 0.331 e. The summed E-state index contributed by atoms with van der Waals surface area (Å²) in [5.74, 6) is -0.997. The highest BCUT2D eigenvalue weighted by molar-refractivity contribution is 5.90. The second-order valence-electron chi connectivity index (χ2n) is 3.38. The molecule has 0 radical (unpaired) electrons. The third-order valence-corrected chi connectivity index (χ3v) is 2.06. The maximum absolute atomic E-state index is 11.1. The Labute approximate surface area is 76.1 Å². The van der Waals surface area contributed by atoms with Crippen LogP contribution in [0.2, 0.25) is 0 Å². The number of cyclic esters (lactones) is 1. The first-order chi connectivity index (χ1) is 5.96. The van der Waals surface area contributed by atoms with Crippen LogP contribution in [-0.2, 0) is 14.3 Å². The number of esters is 1. The summed E-state index contributed by atoms with van der Waals surface area (Å²) < 4.78 is 4.71. The Bertz CT molecular complexity index is 238. The highest BCUT2D eigenvalue weighted by Gasteiger charge is 2.41. The zero-order valence-electron chi connectivity index (χ0n) is 7.66. The van der Waals surface area contributed by atoms with Crippen LogP contribution in [0.15, 0.2) is 0 Å². The van der Waals surface area contributed by atoms with Crippen molar-refractivity contribution in [2.24, 2.45) is 0 Å². The summed E-state index contributed by atoms with van der Waals surface area (Å²) in [6.07, 6.45) is -0.658. The van der Waals surface area contributed by atoms with Crippen molar-refractivity contribution >= 4 is 11.9 Å². The van der Waals surface area contributed by atoms with Crippen LogP contribution >= 0.6 is 0 Å². The van der Waals surface area contributed by atoms with E-state index in [1.54, 1.807) is 6.92 Å². The minimum absolute atomic E-state index is 0.315. The van der Waals surface area contributed by atoms with Crippen molar-refractivity contribution in [2.45, 2.75) is 31.9 Å². The third-order valence-electron chi connectivity index (χ3n) is 2.06. The molecule has 0 aromatic carbocycles. The SMILES string of the molecule is C[C@H](O)C(=O)NC1(C)CCOC1=O. The van der Waals surface area contributed by atoms with Gasteiger partial charge in [-0.3, -0.25) is 4.79 Å². The first-order valence-corrected chi connectivity index (χ1v) is 4.13. The van der Waals surface area contributed by atoms with Crippen molar-refractivity contribution in [1.29, 1.82) is 0 Å². The van der Waals surface area contributed by atoms with E-state index in [1.807, 2.05) is 0 Å². The number of nitrogens with one attached hydrogen (secondary N) is 1. The van der Waals surface area contributed by atoms with Gasteiger partial charge in [0.1, 0.15) is 11.6 Å². The van der Waals surface area contributed by atoms with E-state index in [0.29, 0.717) is 13.0 Å². The Morgan fingerprint density at radius 2 is 2.38 bits per heavy atom. The van der Waals surface area contributed by atoms with Crippen molar-refractivity contribution in [2.75, 3.05) is 6.61 Å². The van der Waals surface area contributed by atoms with Gasteiger partial charge in [0.2, 0.25) is 5.91 Å². The van der Waals surface area contributed by atoms with Crippen molar-refractivity contribution in [3.05, 3.63) is 0 Å². The number of ether oxygens (including phenoxy) is 1. The zero-order chi connectivity index (χ0) is 10.1. The van der Waals surface area contributed by atoms with E-state index in [2.05, 4.69) is 5.32 Å². The van der Waals surface area contributed by atoms with E-state index in [0.717, 1.165) is 0 Å². The number of aliphatic hydroxyl groups is 1. The van der Waals surface area contributed by atoms with Gasteiger partial charge in [-0.25, -0.2) is 4.79 Å². The average molecular weight is 187 g/mol. The second-order valence-corrected chi connectivity index (χ2v) is 3.38. The molecule has 0 aromatic heterocycles. The smallest absolute Gasteiger partial charge is 0.331 e. The molecule has 74 valence electrons. The Morgan fingerprint density at radius 1 is 1.77 bits per heavy atom. The molecule has 1 unspecified atom stereocenters. The quantitative estimate of drug-likeness (QED) is 0.554. The molecule has 1 aliphatic heterocycles. The molecular formula is C8H13NO4. The lowest BCUT2D eigenvalue weighted by Gasteiger charge is -2.21. The molecule has 0 bridgehead atoms. The largest absolute Gasteiger partial charge is 0.464 e. The lowest BCUT2D eigenvalue weighted by Crippen LogP contribution is -2.52. The van der Waals surface area contributed by atoms with Gasteiger partial charge in [-0.15, -0.1) is 0 Å². The number of carbonyl (C=O) groups is 2. The molecule has 2 atom stereocenters. The fourth-order valence-corrected chi connectivity index (χ4v) is 1.10. The minimum atomic E-state index is -1.11. The van der Waals surface area contributed by atoms with Gasteiger partial charge < -0.3 is 15.2 Å². The highest BCUT2D eigenvalue weighted by Crippen LogP contribution is 2.19. The van der Waals surface area contributed by atoms with Crippen molar-refractivity contribution in [3.8, 4) is 0 Å². The van der Waals surface area contributed by atoms with E-state index in [4.69, 9.17) is 9.84 Å². The van der Waals surface area contributed by atoms with Crippen LogP contribution in [0.4, 0.5) is 0 Å². The van der Waals surface area contributed by atoms with Gasteiger partial charge in [0.05, 0.1) is 6.61 Å². The summed E-state index contributed by atoms with van der Waals surface area (Å²) in [5, 5.41) is 11.4. The second kappa shape index (κ2) is 3.33. The third kappa shape index (κ3) is 1.98. The van der Waals surface area contributed by atoms with E-state index in [9.17, 15) is 9.59 Å². The van der Waals surface area contributed by atoms with E-state index >= 15 is 0 Å². The Kier molecular flexibility index (Phi) is 2.56. The molecule has 1 amide bonds. The Balaban J connectivity index is 2.61. The molecule has 5 heteroatoms. The summed E-state index contributed by atoms with van der Waals surface area (Å²) in [6, 6.07) is 0. The summed E-state index contributed by atoms with van der Waals surface area (Å²) in [4.78, 5) is 22.2. The van der Waals surface area contributed by atoms with Crippen LogP contribution < -0.4 is 5.32 Å². The number of hydrogen-bond acceptors (Lipinski definition) is 4. The highest BCUT2D eigenvalue weighted by atomic mass is 16.5. The zero-order valence-corrected chi connectivity index (χ0v) is 7.66. The molecule has 0 saturated carbocycles. The van der Waals surface area contributed by atoms with Gasteiger partial charge in [0.25, 0.3) is 0 Å². The first-order valence-electron chi connectivity index (χ1n) is 4.13. The van der Waals surface area contributed by atoms with Crippen LogP contribution in [0.25, 0.3) is 0 Å². The van der Waals surface area contributed by atoms with Crippen molar-refractivity contribution in [3.63, 3.8) is 0 Å². The van der Waals surface area contributed by atoms with Gasteiger partial charge in [0.15, 0.2) is 0 Å². The molecule has 1 fully saturated rings. The van der Waals surface area contributed by atoms with Gasteiger partial charge >= 0.3 is 5.97 Å². The first kappa shape index (κ1) is 9.98. The minimum Gasteiger partial charge on any atom is -0.464 e. The van der Waals surface area contributed by atoms with Crippen LogP contribution in [-0.4, -0.2) is 35.2 Å². The number of amides is 1. The van der Waals surface area contributed by atoms with E-state index < -0.39 is 23.5 Å². The Morgan fingerprint density at radius 3 is 2.77 bits per heavy atom. The van der Waals surface area contributed by atoms with Gasteiger partial charge in [-0.1, -0.05) is 0 Å². The molecular weight excluding hydrogens is 174 g/mol. The number of carbonyl (C=O) groups excluding carboxylic acids is 2. The molecule has 1 saturated heterocycles. The van der Waals surface area contributed by atoms with Gasteiger partial charge in [0, 0.05) is 6.42 Å². The van der Waals surface area contributed by atoms with Gasteiger partial charge in [-0.05, 0) is 13.8 Å². The van der Waals surface area contributed by atoms with Crippen molar-refractivity contribution in [1.82, 2.24) is 5.32 Å². The van der Waals surface area contributed by atoms with Gasteiger partial charge in [-0.2, -0.15) is 0 Å². The summed E-state index contributed by atoms with van der Waals surface area (Å²) >= 11 is 0. The number of hydrogen-bond donors (Lipinski definition) is 2. The lowest BCUT2D eigenvalue weighted by atomic mass is 10.0. The monoisotopic (exact) mass is 187 g/mol.